The summed E-state index contributed by atoms with van der Waals surface area (Å²) in [5, 5.41) is 7.43. The van der Waals surface area contributed by atoms with Crippen molar-refractivity contribution >= 4 is 21.4 Å². The van der Waals surface area contributed by atoms with Crippen molar-refractivity contribution in [2.24, 2.45) is 29.1 Å². The van der Waals surface area contributed by atoms with Crippen LogP contribution in [0.15, 0.2) is 53.4 Å². The van der Waals surface area contributed by atoms with Crippen molar-refractivity contribution in [2.75, 3.05) is 17.2 Å². The lowest BCUT2D eigenvalue weighted by atomic mass is 9.56. The molecule has 0 saturated heterocycles. The summed E-state index contributed by atoms with van der Waals surface area (Å²) >= 11 is 0. The van der Waals surface area contributed by atoms with E-state index in [-0.39, 0.29) is 0 Å². The third-order valence-electron chi connectivity index (χ3n) is 8.95. The van der Waals surface area contributed by atoms with Gasteiger partial charge in [-0.05, 0) is 85.0 Å². The average Bonchev–Trinajstić information content (AvgIpc) is 3.17. The van der Waals surface area contributed by atoms with E-state index in [1.165, 1.54) is 37.7 Å². The van der Waals surface area contributed by atoms with Gasteiger partial charge in [-0.15, -0.1) is 0 Å². The Hall–Kier alpha value is -2.05. The second-order valence-electron chi connectivity index (χ2n) is 10.5. The van der Waals surface area contributed by atoms with Crippen LogP contribution in [0, 0.1) is 29.1 Å². The van der Waals surface area contributed by atoms with Crippen molar-refractivity contribution in [3.05, 3.63) is 54.1 Å². The molecule has 5 nitrogen and oxygen atoms in total. The van der Waals surface area contributed by atoms with E-state index in [2.05, 4.69) is 27.5 Å². The monoisotopic (exact) mass is 451 g/mol. The van der Waals surface area contributed by atoms with Gasteiger partial charge in [-0.2, -0.15) is 0 Å². The van der Waals surface area contributed by atoms with Gasteiger partial charge in [-0.25, -0.2) is 13.1 Å². The smallest absolute Gasteiger partial charge is 0.240 e. The molecule has 4 saturated carbocycles. The fourth-order valence-electron chi connectivity index (χ4n) is 7.65. The molecule has 4 fully saturated rings. The van der Waals surface area contributed by atoms with Gasteiger partial charge in [0.2, 0.25) is 10.0 Å². The molecule has 4 unspecified atom stereocenters. The van der Waals surface area contributed by atoms with E-state index in [4.69, 9.17) is 0 Å². The van der Waals surface area contributed by atoms with Crippen LogP contribution < -0.4 is 15.4 Å². The Kier molecular flexibility index (Phi) is 4.81. The summed E-state index contributed by atoms with van der Waals surface area (Å²) in [5.74, 6) is 3.46. The number of rotatable bonds is 8. The molecule has 170 valence electrons. The Labute approximate surface area is 191 Å². The van der Waals surface area contributed by atoms with Crippen molar-refractivity contribution in [3.8, 4) is 0 Å². The quantitative estimate of drug-likeness (QED) is 0.537. The number of sulfonamides is 1. The molecule has 6 rings (SSSR count). The molecule has 3 bridgehead atoms. The largest absolute Gasteiger partial charge is 0.380 e. The normalized spacial score (nSPS) is 34.2. The summed E-state index contributed by atoms with van der Waals surface area (Å²) in [6.45, 7) is 2.84. The predicted molar refractivity (Wildman–Crippen MR) is 128 cm³/mol. The maximum absolute atomic E-state index is 12.6. The minimum Gasteiger partial charge on any atom is -0.380 e. The van der Waals surface area contributed by atoms with Gasteiger partial charge in [0.05, 0.1) is 16.3 Å². The average molecular weight is 452 g/mol. The number of hydrogen-bond acceptors (Lipinski definition) is 4. The van der Waals surface area contributed by atoms with Crippen LogP contribution in [0.5, 0.6) is 0 Å². The maximum Gasteiger partial charge on any atom is 0.240 e. The second-order valence-corrected chi connectivity index (χ2v) is 12.2. The first-order valence-corrected chi connectivity index (χ1v) is 13.6. The minimum absolute atomic E-state index is 0.311. The first-order chi connectivity index (χ1) is 15.5. The predicted octanol–water partition coefficient (Wildman–Crippen LogP) is 4.83. The second kappa shape index (κ2) is 7.49. The summed E-state index contributed by atoms with van der Waals surface area (Å²) in [7, 11) is -3.50. The van der Waals surface area contributed by atoms with Crippen LogP contribution in [0.2, 0.25) is 0 Å². The topological polar surface area (TPSA) is 70.2 Å². The number of fused-ring (bicyclic) bond motifs is 2. The van der Waals surface area contributed by atoms with Gasteiger partial charge in [0.15, 0.2) is 0 Å². The highest BCUT2D eigenvalue weighted by Gasteiger charge is 2.68. The molecular weight excluding hydrogens is 418 g/mol. The van der Waals surface area contributed by atoms with Crippen molar-refractivity contribution in [3.63, 3.8) is 0 Å². The molecule has 0 radical (unpaired) electrons. The third-order valence-corrected chi connectivity index (χ3v) is 10.5. The highest BCUT2D eigenvalue weighted by atomic mass is 32.2. The lowest BCUT2D eigenvalue weighted by Gasteiger charge is -2.49. The fraction of sp³-hybridized carbons (Fsp3) is 0.538. The van der Waals surface area contributed by atoms with Gasteiger partial charge >= 0.3 is 0 Å². The lowest BCUT2D eigenvalue weighted by Crippen LogP contribution is -2.42. The molecular formula is C26H33N3O2S. The highest BCUT2D eigenvalue weighted by molar-refractivity contribution is 7.89. The standard InChI is InChI=1S/C26H33N3O2S/c1-2-28-32(30,31)22-8-9-23(24(13-22)27-16-17-6-4-3-5-7-17)29-25-18-10-20-12-21-11-19(25)15-26(20,21)14-18/h3-9,13,18-21,25,27-29H,2,10-12,14-16H2,1H3. The summed E-state index contributed by atoms with van der Waals surface area (Å²) < 4.78 is 27.9. The molecule has 0 amide bonds. The zero-order valence-electron chi connectivity index (χ0n) is 18.7. The van der Waals surface area contributed by atoms with E-state index in [1.807, 2.05) is 24.3 Å². The maximum atomic E-state index is 12.6. The number of nitrogens with one attached hydrogen (secondary N) is 3. The third kappa shape index (κ3) is 3.18. The van der Waals surface area contributed by atoms with Crippen LogP contribution in [0.3, 0.4) is 0 Å². The van der Waals surface area contributed by atoms with E-state index in [0.717, 1.165) is 35.0 Å². The van der Waals surface area contributed by atoms with Gasteiger partial charge in [-0.1, -0.05) is 37.3 Å². The van der Waals surface area contributed by atoms with Crippen molar-refractivity contribution in [2.45, 2.75) is 56.5 Å². The molecule has 3 N–H and O–H groups in total. The summed E-state index contributed by atoms with van der Waals surface area (Å²) in [5.41, 5.74) is 3.77. The summed E-state index contributed by atoms with van der Waals surface area (Å²) in [6.07, 6.45) is 7.03. The molecule has 0 aliphatic heterocycles. The van der Waals surface area contributed by atoms with Crippen LogP contribution in [-0.2, 0) is 16.6 Å². The van der Waals surface area contributed by atoms with Crippen molar-refractivity contribution in [1.29, 1.82) is 0 Å². The molecule has 32 heavy (non-hydrogen) atoms. The Bertz CT molecular complexity index is 1090. The van der Waals surface area contributed by atoms with E-state index >= 15 is 0 Å². The molecule has 4 aliphatic rings. The van der Waals surface area contributed by atoms with E-state index in [1.54, 1.807) is 19.1 Å². The van der Waals surface area contributed by atoms with Gasteiger partial charge in [-0.3, -0.25) is 0 Å². The van der Waals surface area contributed by atoms with Crippen LogP contribution in [0.4, 0.5) is 11.4 Å². The van der Waals surface area contributed by atoms with Crippen molar-refractivity contribution in [1.82, 2.24) is 4.72 Å². The lowest BCUT2D eigenvalue weighted by molar-refractivity contribution is 0.000288. The van der Waals surface area contributed by atoms with Gasteiger partial charge in [0, 0.05) is 19.1 Å². The summed E-state index contributed by atoms with van der Waals surface area (Å²) in [6, 6.07) is 16.2. The molecule has 0 heterocycles. The first-order valence-electron chi connectivity index (χ1n) is 12.2. The van der Waals surface area contributed by atoms with E-state index < -0.39 is 10.0 Å². The van der Waals surface area contributed by atoms with E-state index in [9.17, 15) is 8.42 Å². The molecule has 4 aliphatic carbocycles. The zero-order chi connectivity index (χ0) is 21.9. The minimum atomic E-state index is -3.50. The number of hydrogen-bond donors (Lipinski definition) is 3. The zero-order valence-corrected chi connectivity index (χ0v) is 19.5. The van der Waals surface area contributed by atoms with Crippen LogP contribution in [0.1, 0.15) is 44.6 Å². The number of anilines is 2. The van der Waals surface area contributed by atoms with Gasteiger partial charge < -0.3 is 10.6 Å². The Morgan fingerprint density at radius 2 is 1.66 bits per heavy atom. The Morgan fingerprint density at radius 1 is 0.938 bits per heavy atom. The van der Waals surface area contributed by atoms with Crippen molar-refractivity contribution < 1.29 is 8.42 Å². The molecule has 2 aromatic rings. The van der Waals surface area contributed by atoms with Crippen LogP contribution in [0.25, 0.3) is 0 Å². The fourth-order valence-corrected chi connectivity index (χ4v) is 8.71. The van der Waals surface area contributed by atoms with Crippen LogP contribution in [-0.4, -0.2) is 21.0 Å². The van der Waals surface area contributed by atoms with Gasteiger partial charge in [0.25, 0.3) is 0 Å². The first kappa shape index (κ1) is 20.5. The highest BCUT2D eigenvalue weighted by Crippen LogP contribution is 2.75. The molecule has 6 heteroatoms. The molecule has 4 atom stereocenters. The molecule has 1 spiro atoms. The SMILES string of the molecule is CCNS(=O)(=O)c1ccc(NC2C3CC4CC5CC2CC45C3)c(NCc2ccccc2)c1. The van der Waals surface area contributed by atoms with Gasteiger partial charge in [0.1, 0.15) is 0 Å². The Balaban J connectivity index is 1.29. The molecule has 2 aromatic carbocycles. The number of benzene rings is 2. The molecule has 0 aromatic heterocycles. The van der Waals surface area contributed by atoms with E-state index in [0.29, 0.717) is 29.4 Å². The van der Waals surface area contributed by atoms with Crippen LogP contribution >= 0.6 is 0 Å². The summed E-state index contributed by atoms with van der Waals surface area (Å²) in [4.78, 5) is 0.311. The Morgan fingerprint density at radius 3 is 2.34 bits per heavy atom.